The molecule has 102 valence electrons. The zero-order valence-corrected chi connectivity index (χ0v) is 11.5. The van der Waals surface area contributed by atoms with Crippen molar-refractivity contribution in [1.29, 1.82) is 0 Å². The molecule has 4 heteroatoms. The van der Waals surface area contributed by atoms with Gasteiger partial charge in [-0.3, -0.25) is 0 Å². The van der Waals surface area contributed by atoms with Crippen LogP contribution in [-0.2, 0) is 12.8 Å². The van der Waals surface area contributed by atoms with Crippen LogP contribution in [0, 0.1) is 5.92 Å². The fourth-order valence-electron chi connectivity index (χ4n) is 2.02. The lowest BCUT2D eigenvalue weighted by molar-refractivity contribution is 0.383. The number of hydrogen-bond donors (Lipinski definition) is 1. The van der Waals surface area contributed by atoms with Gasteiger partial charge in [-0.1, -0.05) is 44.2 Å². The first-order chi connectivity index (χ1) is 9.15. The highest BCUT2D eigenvalue weighted by Crippen LogP contribution is 2.17. The van der Waals surface area contributed by atoms with Crippen molar-refractivity contribution in [3.05, 3.63) is 47.7 Å². The van der Waals surface area contributed by atoms with Crippen molar-refractivity contribution in [1.82, 2.24) is 10.2 Å². The Hall–Kier alpha value is -1.68. The van der Waals surface area contributed by atoms with E-state index >= 15 is 0 Å². The Kier molecular flexibility index (Phi) is 4.68. The molecule has 0 fully saturated rings. The maximum absolute atomic E-state index is 6.02. The average molecular weight is 259 g/mol. The molecule has 0 bridgehead atoms. The van der Waals surface area contributed by atoms with E-state index in [-0.39, 0.29) is 6.04 Å². The molecule has 0 aliphatic rings. The molecule has 2 rings (SSSR count). The summed E-state index contributed by atoms with van der Waals surface area (Å²) in [6.07, 6.45) is 2.52. The molecule has 0 saturated carbocycles. The monoisotopic (exact) mass is 259 g/mol. The first-order valence-corrected chi connectivity index (χ1v) is 6.77. The minimum Gasteiger partial charge on any atom is -0.424 e. The number of rotatable bonds is 6. The molecule has 4 nitrogen and oxygen atoms in total. The molecular weight excluding hydrogens is 238 g/mol. The van der Waals surface area contributed by atoms with Gasteiger partial charge in [-0.15, -0.1) is 10.2 Å². The molecule has 0 amide bonds. The SMILES string of the molecule is CC(C)CC(N)c1nnc(CCc2ccccc2)o1. The molecule has 2 aromatic rings. The van der Waals surface area contributed by atoms with E-state index in [4.69, 9.17) is 10.2 Å². The quantitative estimate of drug-likeness (QED) is 0.866. The molecule has 19 heavy (non-hydrogen) atoms. The minimum absolute atomic E-state index is 0.155. The van der Waals surface area contributed by atoms with Gasteiger partial charge < -0.3 is 10.2 Å². The normalized spacial score (nSPS) is 12.8. The van der Waals surface area contributed by atoms with Crippen LogP contribution >= 0.6 is 0 Å². The number of aromatic nitrogens is 2. The second-order valence-corrected chi connectivity index (χ2v) is 5.26. The third kappa shape index (κ3) is 4.17. The lowest BCUT2D eigenvalue weighted by Crippen LogP contribution is -2.13. The number of nitrogens with zero attached hydrogens (tertiary/aromatic N) is 2. The van der Waals surface area contributed by atoms with Crippen molar-refractivity contribution in [2.75, 3.05) is 0 Å². The number of nitrogens with two attached hydrogens (primary N) is 1. The Morgan fingerprint density at radius 1 is 1.11 bits per heavy atom. The van der Waals surface area contributed by atoms with E-state index in [1.165, 1.54) is 5.56 Å². The van der Waals surface area contributed by atoms with Crippen molar-refractivity contribution in [2.45, 2.75) is 39.2 Å². The average Bonchev–Trinajstić information content (AvgIpc) is 2.86. The van der Waals surface area contributed by atoms with Crippen LogP contribution in [0.3, 0.4) is 0 Å². The molecule has 1 aromatic heterocycles. The van der Waals surface area contributed by atoms with Crippen LogP contribution in [0.5, 0.6) is 0 Å². The van der Waals surface area contributed by atoms with Crippen LogP contribution in [-0.4, -0.2) is 10.2 Å². The van der Waals surface area contributed by atoms with Gasteiger partial charge >= 0.3 is 0 Å². The lowest BCUT2D eigenvalue weighted by atomic mass is 10.0. The third-order valence-electron chi connectivity index (χ3n) is 3.00. The molecule has 0 saturated heterocycles. The van der Waals surface area contributed by atoms with E-state index in [1.54, 1.807) is 0 Å². The summed E-state index contributed by atoms with van der Waals surface area (Å²) in [6, 6.07) is 10.1. The number of aryl methyl sites for hydroxylation is 2. The van der Waals surface area contributed by atoms with Gasteiger partial charge in [0.25, 0.3) is 0 Å². The van der Waals surface area contributed by atoms with Crippen LogP contribution in [0.25, 0.3) is 0 Å². The summed E-state index contributed by atoms with van der Waals surface area (Å²) in [4.78, 5) is 0. The van der Waals surface area contributed by atoms with E-state index in [9.17, 15) is 0 Å². The van der Waals surface area contributed by atoms with E-state index in [1.807, 2.05) is 18.2 Å². The number of benzene rings is 1. The van der Waals surface area contributed by atoms with E-state index in [0.717, 1.165) is 19.3 Å². The van der Waals surface area contributed by atoms with E-state index < -0.39 is 0 Å². The summed E-state index contributed by atoms with van der Waals surface area (Å²) in [6.45, 7) is 4.26. The Morgan fingerprint density at radius 2 is 1.84 bits per heavy atom. The molecule has 0 radical (unpaired) electrons. The predicted molar refractivity (Wildman–Crippen MR) is 74.5 cm³/mol. The van der Waals surface area contributed by atoms with Crippen LogP contribution in [0.2, 0.25) is 0 Å². The van der Waals surface area contributed by atoms with Crippen LogP contribution in [0.1, 0.15) is 43.7 Å². The van der Waals surface area contributed by atoms with Gasteiger partial charge in [0, 0.05) is 6.42 Å². The second kappa shape index (κ2) is 6.48. The largest absolute Gasteiger partial charge is 0.424 e. The zero-order chi connectivity index (χ0) is 13.7. The summed E-state index contributed by atoms with van der Waals surface area (Å²) in [5.41, 5.74) is 7.29. The Balaban J connectivity index is 1.90. The van der Waals surface area contributed by atoms with Crippen molar-refractivity contribution in [3.63, 3.8) is 0 Å². The zero-order valence-electron chi connectivity index (χ0n) is 11.5. The smallest absolute Gasteiger partial charge is 0.233 e. The summed E-state index contributed by atoms with van der Waals surface area (Å²) in [5.74, 6) is 1.74. The van der Waals surface area contributed by atoms with Gasteiger partial charge in [0.15, 0.2) is 0 Å². The number of hydrogen-bond acceptors (Lipinski definition) is 4. The third-order valence-corrected chi connectivity index (χ3v) is 3.00. The molecule has 1 heterocycles. The second-order valence-electron chi connectivity index (χ2n) is 5.26. The topological polar surface area (TPSA) is 64.9 Å². The first kappa shape index (κ1) is 13.7. The van der Waals surface area contributed by atoms with Crippen LogP contribution < -0.4 is 5.73 Å². The van der Waals surface area contributed by atoms with Crippen molar-refractivity contribution >= 4 is 0 Å². The Morgan fingerprint density at radius 3 is 2.53 bits per heavy atom. The summed E-state index contributed by atoms with van der Waals surface area (Å²) < 4.78 is 5.62. The molecule has 1 atom stereocenters. The van der Waals surface area contributed by atoms with E-state index in [2.05, 4.69) is 36.2 Å². The van der Waals surface area contributed by atoms with Gasteiger partial charge in [-0.25, -0.2) is 0 Å². The summed E-state index contributed by atoms with van der Waals surface area (Å²) >= 11 is 0. The molecular formula is C15H21N3O. The lowest BCUT2D eigenvalue weighted by Gasteiger charge is -2.08. The van der Waals surface area contributed by atoms with Crippen molar-refractivity contribution in [3.8, 4) is 0 Å². The predicted octanol–water partition coefficient (Wildman–Crippen LogP) is 2.90. The van der Waals surface area contributed by atoms with Gasteiger partial charge in [0.2, 0.25) is 11.8 Å². The van der Waals surface area contributed by atoms with Gasteiger partial charge in [-0.05, 0) is 24.3 Å². The molecule has 2 N–H and O–H groups in total. The van der Waals surface area contributed by atoms with Crippen LogP contribution in [0.15, 0.2) is 34.7 Å². The molecule has 0 spiro atoms. The van der Waals surface area contributed by atoms with Gasteiger partial charge in [-0.2, -0.15) is 0 Å². The van der Waals surface area contributed by atoms with Gasteiger partial charge in [0.1, 0.15) is 0 Å². The highest BCUT2D eigenvalue weighted by molar-refractivity contribution is 5.15. The highest BCUT2D eigenvalue weighted by Gasteiger charge is 2.15. The van der Waals surface area contributed by atoms with Crippen molar-refractivity contribution < 1.29 is 4.42 Å². The fraction of sp³-hybridized carbons (Fsp3) is 0.467. The van der Waals surface area contributed by atoms with Crippen LogP contribution in [0.4, 0.5) is 0 Å². The highest BCUT2D eigenvalue weighted by atomic mass is 16.4. The standard InChI is InChI=1S/C15H21N3O/c1-11(2)10-13(16)15-18-17-14(19-15)9-8-12-6-4-3-5-7-12/h3-7,11,13H,8-10,16H2,1-2H3. The maximum atomic E-state index is 6.02. The summed E-state index contributed by atoms with van der Waals surface area (Å²) in [5, 5.41) is 8.10. The molecule has 0 aliphatic carbocycles. The Bertz CT molecular complexity index is 493. The minimum atomic E-state index is -0.155. The fourth-order valence-corrected chi connectivity index (χ4v) is 2.02. The first-order valence-electron chi connectivity index (χ1n) is 6.77. The van der Waals surface area contributed by atoms with E-state index in [0.29, 0.717) is 17.7 Å². The molecule has 1 unspecified atom stereocenters. The maximum Gasteiger partial charge on any atom is 0.233 e. The molecule has 1 aromatic carbocycles. The van der Waals surface area contributed by atoms with Crippen molar-refractivity contribution in [2.24, 2.45) is 11.7 Å². The molecule has 0 aliphatic heterocycles. The van der Waals surface area contributed by atoms with Gasteiger partial charge in [0.05, 0.1) is 6.04 Å². The Labute approximate surface area is 114 Å². The summed E-state index contributed by atoms with van der Waals surface area (Å²) in [7, 11) is 0.